The zero-order valence-electron chi connectivity index (χ0n) is 15.8. The maximum absolute atomic E-state index is 12.1. The van der Waals surface area contributed by atoms with Gasteiger partial charge in [-0.05, 0) is 55.8 Å². The highest BCUT2D eigenvalue weighted by atomic mass is 32.1. The van der Waals surface area contributed by atoms with Crippen molar-refractivity contribution in [2.24, 2.45) is 5.41 Å². The zero-order valence-corrected chi connectivity index (χ0v) is 16.6. The Balaban J connectivity index is 1.32. The monoisotopic (exact) mass is 375 g/mol. The summed E-state index contributed by atoms with van der Waals surface area (Å²) < 4.78 is 1.07. The Morgan fingerprint density at radius 2 is 2.08 bits per heavy atom. The summed E-state index contributed by atoms with van der Waals surface area (Å²) in [5, 5.41) is 3.48. The first kappa shape index (κ1) is 19.1. The van der Waals surface area contributed by atoms with Crippen molar-refractivity contribution in [2.75, 3.05) is 26.2 Å². The van der Waals surface area contributed by atoms with Crippen LogP contribution in [0.15, 0.2) is 23.0 Å². The number of likely N-dealkylation sites (tertiary alicyclic amines) is 1. The quantitative estimate of drug-likeness (QED) is 0.697. The number of fused-ring (bicyclic) bond motifs is 1. The fourth-order valence-electron chi connectivity index (χ4n) is 3.54. The molecule has 0 unspecified atom stereocenters. The number of hydrogen-bond donors (Lipinski definition) is 2. The predicted molar refractivity (Wildman–Crippen MR) is 108 cm³/mol. The van der Waals surface area contributed by atoms with E-state index in [0.717, 1.165) is 62.1 Å². The molecule has 6 heteroatoms. The van der Waals surface area contributed by atoms with Gasteiger partial charge < -0.3 is 15.2 Å². The molecule has 2 aromatic rings. The van der Waals surface area contributed by atoms with Gasteiger partial charge >= 0.3 is 4.87 Å². The minimum absolute atomic E-state index is 0.0102. The topological polar surface area (TPSA) is 65.2 Å². The second kappa shape index (κ2) is 8.35. The summed E-state index contributed by atoms with van der Waals surface area (Å²) in [5.74, 6) is 0.313. The first-order valence-electron chi connectivity index (χ1n) is 9.54. The third-order valence-corrected chi connectivity index (χ3v) is 6.15. The molecule has 1 amide bonds. The lowest BCUT2D eigenvalue weighted by Gasteiger charge is -2.36. The van der Waals surface area contributed by atoms with E-state index >= 15 is 0 Å². The van der Waals surface area contributed by atoms with E-state index in [1.54, 1.807) is 0 Å². The number of piperidine rings is 1. The van der Waals surface area contributed by atoms with Crippen molar-refractivity contribution >= 4 is 27.5 Å². The minimum atomic E-state index is 0.0102. The van der Waals surface area contributed by atoms with Crippen LogP contribution in [0.1, 0.15) is 45.1 Å². The minimum Gasteiger partial charge on any atom is -0.343 e. The van der Waals surface area contributed by atoms with Gasteiger partial charge in [0.1, 0.15) is 0 Å². The molecule has 1 fully saturated rings. The number of H-pyrrole nitrogens is 1. The molecular formula is C20H29N3O2S. The van der Waals surface area contributed by atoms with Crippen molar-refractivity contribution in [1.82, 2.24) is 15.2 Å². The van der Waals surface area contributed by atoms with Crippen LogP contribution in [-0.4, -0.2) is 42.0 Å². The molecule has 0 atom stereocenters. The van der Waals surface area contributed by atoms with Crippen molar-refractivity contribution in [1.29, 1.82) is 0 Å². The number of rotatable bonds is 8. The van der Waals surface area contributed by atoms with Crippen LogP contribution in [0.25, 0.3) is 10.2 Å². The molecule has 0 aliphatic carbocycles. The van der Waals surface area contributed by atoms with Gasteiger partial charge in [0.15, 0.2) is 0 Å². The number of amides is 1. The predicted octanol–water partition coefficient (Wildman–Crippen LogP) is 3.15. The highest BCUT2D eigenvalue weighted by molar-refractivity contribution is 7.16. The fourth-order valence-corrected chi connectivity index (χ4v) is 4.41. The number of aromatic nitrogens is 1. The van der Waals surface area contributed by atoms with Gasteiger partial charge in [-0.1, -0.05) is 37.3 Å². The van der Waals surface area contributed by atoms with Crippen LogP contribution in [0, 0.1) is 5.41 Å². The number of thiazole rings is 1. The zero-order chi connectivity index (χ0) is 18.6. The summed E-state index contributed by atoms with van der Waals surface area (Å²) in [6.07, 6.45) is 4.84. The Labute approximate surface area is 158 Å². The smallest absolute Gasteiger partial charge is 0.305 e. The Hall–Kier alpha value is -1.66. The largest absolute Gasteiger partial charge is 0.343 e. The molecule has 5 nitrogen and oxygen atoms in total. The van der Waals surface area contributed by atoms with Gasteiger partial charge in [0.25, 0.3) is 0 Å². The first-order chi connectivity index (χ1) is 12.4. The molecule has 1 aliphatic heterocycles. The summed E-state index contributed by atoms with van der Waals surface area (Å²) in [6, 6.07) is 6.04. The normalized spacial score (nSPS) is 17.2. The third kappa shape index (κ3) is 4.95. The lowest BCUT2D eigenvalue weighted by molar-refractivity contribution is -0.137. The lowest BCUT2D eigenvalue weighted by atomic mass is 9.82. The molecule has 1 aliphatic rings. The summed E-state index contributed by atoms with van der Waals surface area (Å²) in [6.45, 7) is 8.02. The highest BCUT2D eigenvalue weighted by Crippen LogP contribution is 2.30. The van der Waals surface area contributed by atoms with E-state index in [1.807, 2.05) is 17.0 Å². The number of hydrogen-bond acceptors (Lipinski definition) is 4. The van der Waals surface area contributed by atoms with Crippen LogP contribution in [0.2, 0.25) is 0 Å². The number of benzene rings is 1. The van der Waals surface area contributed by atoms with Crippen LogP contribution >= 0.6 is 11.3 Å². The van der Waals surface area contributed by atoms with E-state index < -0.39 is 0 Å². The van der Waals surface area contributed by atoms with Crippen LogP contribution in [0.3, 0.4) is 0 Å². The number of unbranched alkanes of at least 4 members (excludes halogenated alkanes) is 1. The lowest BCUT2D eigenvalue weighted by Crippen LogP contribution is -2.42. The van der Waals surface area contributed by atoms with E-state index in [4.69, 9.17) is 0 Å². The number of carbonyl (C=O) groups is 1. The summed E-state index contributed by atoms with van der Waals surface area (Å²) in [4.78, 5) is 28.5. The molecule has 3 rings (SSSR count). The van der Waals surface area contributed by atoms with E-state index in [0.29, 0.717) is 12.3 Å². The van der Waals surface area contributed by atoms with Crippen LogP contribution < -0.4 is 10.2 Å². The van der Waals surface area contributed by atoms with Crippen LogP contribution in [0.4, 0.5) is 0 Å². The Kier molecular flexibility index (Phi) is 6.14. The van der Waals surface area contributed by atoms with Gasteiger partial charge in [-0.3, -0.25) is 9.59 Å². The standard InChI is InChI=1S/C20H29N3O2S/c1-20(2)9-13-23(17(24)14-20)12-4-3-10-21-11-8-15-6-5-7-16-18(15)26-19(25)22-16/h5-7,21H,3-4,8-14H2,1-2H3,(H,22,25). The van der Waals surface area contributed by atoms with E-state index in [1.165, 1.54) is 16.9 Å². The summed E-state index contributed by atoms with van der Waals surface area (Å²) in [7, 11) is 0. The molecule has 142 valence electrons. The van der Waals surface area contributed by atoms with E-state index in [-0.39, 0.29) is 10.3 Å². The number of nitrogens with zero attached hydrogens (tertiary/aromatic N) is 1. The van der Waals surface area contributed by atoms with Crippen molar-refractivity contribution in [3.05, 3.63) is 33.4 Å². The van der Waals surface area contributed by atoms with Gasteiger partial charge in [-0.15, -0.1) is 0 Å². The number of aromatic amines is 1. The SMILES string of the molecule is CC1(C)CCN(CCCCNCCc2cccc3[nH]c(=O)sc23)C(=O)C1. The van der Waals surface area contributed by atoms with Gasteiger partial charge in [-0.2, -0.15) is 0 Å². The molecule has 0 radical (unpaired) electrons. The van der Waals surface area contributed by atoms with Gasteiger partial charge in [0.2, 0.25) is 5.91 Å². The van der Waals surface area contributed by atoms with E-state index in [9.17, 15) is 9.59 Å². The van der Waals surface area contributed by atoms with Gasteiger partial charge in [0, 0.05) is 19.5 Å². The first-order valence-corrected chi connectivity index (χ1v) is 10.4. The van der Waals surface area contributed by atoms with Crippen LogP contribution in [0.5, 0.6) is 0 Å². The summed E-state index contributed by atoms with van der Waals surface area (Å²) in [5.41, 5.74) is 2.33. The Morgan fingerprint density at radius 3 is 2.88 bits per heavy atom. The maximum Gasteiger partial charge on any atom is 0.305 e. The van der Waals surface area contributed by atoms with Crippen LogP contribution in [-0.2, 0) is 11.2 Å². The Morgan fingerprint density at radius 1 is 1.23 bits per heavy atom. The Bertz CT molecular complexity index is 809. The average molecular weight is 376 g/mol. The molecule has 1 saturated heterocycles. The molecule has 0 saturated carbocycles. The third-order valence-electron chi connectivity index (χ3n) is 5.17. The second-order valence-corrected chi connectivity index (χ2v) is 8.97. The molecule has 26 heavy (non-hydrogen) atoms. The average Bonchev–Trinajstić information content (AvgIpc) is 2.96. The van der Waals surface area contributed by atoms with Crippen molar-refractivity contribution in [3.63, 3.8) is 0 Å². The van der Waals surface area contributed by atoms with Gasteiger partial charge in [0.05, 0.1) is 10.2 Å². The summed E-state index contributed by atoms with van der Waals surface area (Å²) >= 11 is 1.29. The molecule has 2 heterocycles. The maximum atomic E-state index is 12.1. The molecule has 2 N–H and O–H groups in total. The molecular weight excluding hydrogens is 346 g/mol. The highest BCUT2D eigenvalue weighted by Gasteiger charge is 2.30. The van der Waals surface area contributed by atoms with E-state index in [2.05, 4.69) is 30.2 Å². The van der Waals surface area contributed by atoms with Gasteiger partial charge in [-0.25, -0.2) is 0 Å². The fraction of sp³-hybridized carbons (Fsp3) is 0.600. The number of nitrogens with one attached hydrogen (secondary N) is 2. The molecule has 0 bridgehead atoms. The van der Waals surface area contributed by atoms with Crippen molar-refractivity contribution in [3.8, 4) is 0 Å². The van der Waals surface area contributed by atoms with Crippen molar-refractivity contribution in [2.45, 2.75) is 46.0 Å². The molecule has 1 aromatic heterocycles. The van der Waals surface area contributed by atoms with Crippen molar-refractivity contribution < 1.29 is 4.79 Å². The molecule has 0 spiro atoms. The number of carbonyl (C=O) groups excluding carboxylic acids is 1. The molecule has 1 aromatic carbocycles. The second-order valence-electron chi connectivity index (χ2n) is 7.99.